The molecule has 0 bridgehead atoms. The van der Waals surface area contributed by atoms with E-state index in [1.54, 1.807) is 6.20 Å². The number of rotatable bonds is 5. The molecule has 15 heavy (non-hydrogen) atoms. The average molecular weight is 208 g/mol. The maximum atomic E-state index is 5.73. The average Bonchev–Trinajstić information content (AvgIpc) is 2.21. The minimum absolute atomic E-state index is 0.334. The largest absolute Gasteiger partial charge is 0.492 e. The van der Waals surface area contributed by atoms with Gasteiger partial charge in [0, 0.05) is 18.2 Å². The standard InChI is InChI=1S/C12H20N2O/c1-4-15-10-5-6-12(14-8-10)11(7-13)9(2)3/h5-6,8-9,11H,4,7,13H2,1-3H3. The van der Waals surface area contributed by atoms with Crippen molar-refractivity contribution in [2.45, 2.75) is 26.7 Å². The van der Waals surface area contributed by atoms with Crippen LogP contribution in [0.1, 0.15) is 32.4 Å². The Morgan fingerprint density at radius 3 is 2.53 bits per heavy atom. The van der Waals surface area contributed by atoms with Crippen molar-refractivity contribution >= 4 is 0 Å². The summed E-state index contributed by atoms with van der Waals surface area (Å²) in [6, 6.07) is 3.96. The summed E-state index contributed by atoms with van der Waals surface area (Å²) in [5.74, 6) is 1.67. The van der Waals surface area contributed by atoms with Gasteiger partial charge in [0.1, 0.15) is 5.75 Å². The van der Waals surface area contributed by atoms with Gasteiger partial charge in [-0.25, -0.2) is 0 Å². The van der Waals surface area contributed by atoms with E-state index in [0.29, 0.717) is 25.0 Å². The molecular weight excluding hydrogens is 188 g/mol. The van der Waals surface area contributed by atoms with E-state index in [2.05, 4.69) is 18.8 Å². The fourth-order valence-electron chi connectivity index (χ4n) is 1.60. The Balaban J connectivity index is 2.77. The lowest BCUT2D eigenvalue weighted by Gasteiger charge is -2.18. The summed E-state index contributed by atoms with van der Waals surface area (Å²) in [6.07, 6.45) is 1.77. The minimum atomic E-state index is 0.334. The van der Waals surface area contributed by atoms with Gasteiger partial charge in [0.2, 0.25) is 0 Å². The Hall–Kier alpha value is -1.09. The Morgan fingerprint density at radius 1 is 1.40 bits per heavy atom. The first-order valence-electron chi connectivity index (χ1n) is 5.47. The normalized spacial score (nSPS) is 12.9. The van der Waals surface area contributed by atoms with Crippen LogP contribution >= 0.6 is 0 Å². The van der Waals surface area contributed by atoms with E-state index in [0.717, 1.165) is 11.4 Å². The molecule has 0 aliphatic heterocycles. The molecule has 2 N–H and O–H groups in total. The quantitative estimate of drug-likeness (QED) is 0.806. The molecule has 3 heteroatoms. The number of pyridine rings is 1. The molecule has 3 nitrogen and oxygen atoms in total. The van der Waals surface area contributed by atoms with Crippen molar-refractivity contribution in [3.63, 3.8) is 0 Å². The zero-order valence-electron chi connectivity index (χ0n) is 9.73. The molecule has 0 radical (unpaired) electrons. The summed E-state index contributed by atoms with van der Waals surface area (Å²) >= 11 is 0. The second kappa shape index (κ2) is 5.71. The number of ether oxygens (including phenoxy) is 1. The Bertz CT molecular complexity index is 282. The van der Waals surface area contributed by atoms with E-state index in [9.17, 15) is 0 Å². The first-order chi connectivity index (χ1) is 7.19. The van der Waals surface area contributed by atoms with E-state index >= 15 is 0 Å². The van der Waals surface area contributed by atoms with Crippen LogP contribution < -0.4 is 10.5 Å². The highest BCUT2D eigenvalue weighted by molar-refractivity contribution is 5.22. The zero-order chi connectivity index (χ0) is 11.3. The van der Waals surface area contributed by atoms with Gasteiger partial charge in [0.25, 0.3) is 0 Å². The molecule has 1 rings (SSSR count). The molecule has 1 heterocycles. The maximum Gasteiger partial charge on any atom is 0.137 e. The lowest BCUT2D eigenvalue weighted by Crippen LogP contribution is -2.18. The molecule has 1 atom stereocenters. The molecule has 84 valence electrons. The third kappa shape index (κ3) is 3.20. The van der Waals surface area contributed by atoms with Crippen molar-refractivity contribution < 1.29 is 4.74 Å². The number of aromatic nitrogens is 1. The number of hydrogen-bond donors (Lipinski definition) is 1. The van der Waals surface area contributed by atoms with Gasteiger partial charge in [-0.1, -0.05) is 13.8 Å². The molecule has 1 unspecified atom stereocenters. The van der Waals surface area contributed by atoms with Crippen LogP contribution in [0.3, 0.4) is 0 Å². The zero-order valence-corrected chi connectivity index (χ0v) is 9.73. The molecule has 0 amide bonds. The first kappa shape index (κ1) is 12.0. The number of nitrogens with zero attached hydrogens (tertiary/aromatic N) is 1. The fraction of sp³-hybridized carbons (Fsp3) is 0.583. The summed E-state index contributed by atoms with van der Waals surface area (Å²) in [5, 5.41) is 0. The molecular formula is C12H20N2O. The van der Waals surface area contributed by atoms with Crippen LogP contribution in [0.25, 0.3) is 0 Å². The summed E-state index contributed by atoms with van der Waals surface area (Å²) in [6.45, 7) is 7.60. The van der Waals surface area contributed by atoms with Crippen LogP contribution in [0, 0.1) is 5.92 Å². The lowest BCUT2D eigenvalue weighted by molar-refractivity contribution is 0.338. The molecule has 1 aromatic rings. The molecule has 0 aliphatic rings. The minimum Gasteiger partial charge on any atom is -0.492 e. The van der Waals surface area contributed by atoms with Crippen LogP contribution in [-0.4, -0.2) is 18.1 Å². The van der Waals surface area contributed by atoms with Crippen LogP contribution in [0.15, 0.2) is 18.3 Å². The SMILES string of the molecule is CCOc1ccc(C(CN)C(C)C)nc1. The van der Waals surface area contributed by atoms with E-state index in [-0.39, 0.29) is 0 Å². The third-order valence-corrected chi connectivity index (χ3v) is 2.51. The van der Waals surface area contributed by atoms with Gasteiger partial charge < -0.3 is 10.5 Å². The number of nitrogens with two attached hydrogens (primary N) is 1. The maximum absolute atomic E-state index is 5.73. The van der Waals surface area contributed by atoms with Gasteiger partial charge in [-0.05, 0) is 25.0 Å². The van der Waals surface area contributed by atoms with Gasteiger partial charge in [0.15, 0.2) is 0 Å². The topological polar surface area (TPSA) is 48.1 Å². The van der Waals surface area contributed by atoms with E-state index in [1.165, 1.54) is 0 Å². The van der Waals surface area contributed by atoms with Crippen molar-refractivity contribution in [2.24, 2.45) is 11.7 Å². The van der Waals surface area contributed by atoms with Gasteiger partial charge in [0.05, 0.1) is 12.8 Å². The van der Waals surface area contributed by atoms with Crippen LogP contribution in [-0.2, 0) is 0 Å². The fourth-order valence-corrected chi connectivity index (χ4v) is 1.60. The summed E-state index contributed by atoms with van der Waals surface area (Å²) in [5.41, 5.74) is 6.78. The smallest absolute Gasteiger partial charge is 0.137 e. The van der Waals surface area contributed by atoms with Crippen molar-refractivity contribution in [1.29, 1.82) is 0 Å². The van der Waals surface area contributed by atoms with Crippen molar-refractivity contribution in [3.05, 3.63) is 24.0 Å². The van der Waals surface area contributed by atoms with Crippen molar-refractivity contribution in [2.75, 3.05) is 13.2 Å². The van der Waals surface area contributed by atoms with Gasteiger partial charge >= 0.3 is 0 Å². The monoisotopic (exact) mass is 208 g/mol. The predicted octanol–water partition coefficient (Wildman–Crippen LogP) is 2.18. The Labute approximate surface area is 91.7 Å². The predicted molar refractivity (Wildman–Crippen MR) is 62.0 cm³/mol. The van der Waals surface area contributed by atoms with E-state index < -0.39 is 0 Å². The van der Waals surface area contributed by atoms with Crippen molar-refractivity contribution in [3.8, 4) is 5.75 Å². The van der Waals surface area contributed by atoms with Gasteiger partial charge in [-0.3, -0.25) is 4.98 Å². The molecule has 1 aromatic heterocycles. The van der Waals surface area contributed by atoms with Crippen LogP contribution in [0.2, 0.25) is 0 Å². The second-order valence-electron chi connectivity index (χ2n) is 3.94. The molecule has 0 aromatic carbocycles. The molecule has 0 aliphatic carbocycles. The summed E-state index contributed by atoms with van der Waals surface area (Å²) in [4.78, 5) is 4.38. The van der Waals surface area contributed by atoms with Gasteiger partial charge in [-0.15, -0.1) is 0 Å². The van der Waals surface area contributed by atoms with E-state index in [4.69, 9.17) is 10.5 Å². The van der Waals surface area contributed by atoms with Gasteiger partial charge in [-0.2, -0.15) is 0 Å². The second-order valence-corrected chi connectivity index (χ2v) is 3.94. The van der Waals surface area contributed by atoms with Crippen LogP contribution in [0.5, 0.6) is 5.75 Å². The molecule has 0 spiro atoms. The highest BCUT2D eigenvalue weighted by Crippen LogP contribution is 2.22. The summed E-state index contributed by atoms with van der Waals surface area (Å²) in [7, 11) is 0. The lowest BCUT2D eigenvalue weighted by atomic mass is 9.92. The van der Waals surface area contributed by atoms with Crippen LogP contribution in [0.4, 0.5) is 0 Å². The third-order valence-electron chi connectivity index (χ3n) is 2.51. The highest BCUT2D eigenvalue weighted by atomic mass is 16.5. The molecule has 0 saturated heterocycles. The number of hydrogen-bond acceptors (Lipinski definition) is 3. The Kier molecular flexibility index (Phi) is 4.56. The van der Waals surface area contributed by atoms with Crippen molar-refractivity contribution in [1.82, 2.24) is 4.98 Å². The molecule has 0 fully saturated rings. The first-order valence-corrected chi connectivity index (χ1v) is 5.47. The highest BCUT2D eigenvalue weighted by Gasteiger charge is 2.14. The summed E-state index contributed by atoms with van der Waals surface area (Å²) < 4.78 is 5.34. The Morgan fingerprint density at radius 2 is 2.13 bits per heavy atom. The molecule has 0 saturated carbocycles. The van der Waals surface area contributed by atoms with E-state index in [1.807, 2.05) is 19.1 Å².